The quantitative estimate of drug-likeness (QED) is 0.458. The van der Waals surface area contributed by atoms with Crippen molar-refractivity contribution in [2.75, 3.05) is 0 Å². The summed E-state index contributed by atoms with van der Waals surface area (Å²) in [5, 5.41) is 12.9. The molecule has 0 radical (unpaired) electrons. The summed E-state index contributed by atoms with van der Waals surface area (Å²) < 4.78 is 0.965. The van der Waals surface area contributed by atoms with Gasteiger partial charge in [0.05, 0.1) is 10.3 Å². The van der Waals surface area contributed by atoms with Crippen LogP contribution < -0.4 is 0 Å². The van der Waals surface area contributed by atoms with Gasteiger partial charge in [-0.25, -0.2) is 0 Å². The number of hydrogen-bond donors (Lipinski definition) is 0. The third-order valence-electron chi connectivity index (χ3n) is 3.12. The van der Waals surface area contributed by atoms with Crippen molar-refractivity contribution in [1.29, 1.82) is 0 Å². The van der Waals surface area contributed by atoms with E-state index >= 15 is 0 Å². The molecule has 0 amide bonds. The molecule has 0 unspecified atom stereocenters. The lowest BCUT2D eigenvalue weighted by Gasteiger charge is -2.04. The fraction of sp³-hybridized carbons (Fsp3) is 0.167. The first-order chi connectivity index (χ1) is 7.68. The normalized spacial score (nSPS) is 13.3. The minimum absolute atomic E-state index is 0.229. The highest BCUT2D eigenvalue weighted by atomic mass is 127. The zero-order valence-electron chi connectivity index (χ0n) is 8.37. The van der Waals surface area contributed by atoms with E-state index in [0.717, 1.165) is 27.2 Å². The summed E-state index contributed by atoms with van der Waals surface area (Å²) in [6.07, 6.45) is 2.01. The number of rotatable bonds is 1. The summed E-state index contributed by atoms with van der Waals surface area (Å²) >= 11 is 2.17. The molecule has 3 rings (SSSR count). The van der Waals surface area contributed by atoms with Crippen LogP contribution in [0.5, 0.6) is 0 Å². The van der Waals surface area contributed by atoms with Gasteiger partial charge in [-0.2, -0.15) is 0 Å². The standard InChI is InChI=1S/C12H8INO2/c13-9-5-3-7-1-2-8-4-6-10(14(15)16)12(9)11(7)8/h3-6H,1-2H2. The van der Waals surface area contributed by atoms with Crippen LogP contribution in [0, 0.1) is 13.7 Å². The molecular weight excluding hydrogens is 317 g/mol. The Morgan fingerprint density at radius 3 is 2.31 bits per heavy atom. The van der Waals surface area contributed by atoms with Crippen LogP contribution in [0.4, 0.5) is 5.69 Å². The van der Waals surface area contributed by atoms with Gasteiger partial charge in [-0.3, -0.25) is 10.1 Å². The first-order valence-electron chi connectivity index (χ1n) is 5.06. The van der Waals surface area contributed by atoms with Crippen molar-refractivity contribution >= 4 is 39.1 Å². The van der Waals surface area contributed by atoms with Gasteiger partial charge in [-0.05, 0) is 58.0 Å². The molecule has 0 heterocycles. The minimum Gasteiger partial charge on any atom is -0.258 e. The Bertz CT molecular complexity index is 612. The van der Waals surface area contributed by atoms with Crippen molar-refractivity contribution in [3.05, 3.63) is 49.1 Å². The second kappa shape index (κ2) is 3.41. The number of hydrogen-bond acceptors (Lipinski definition) is 2. The van der Waals surface area contributed by atoms with Gasteiger partial charge in [0.15, 0.2) is 0 Å². The van der Waals surface area contributed by atoms with E-state index in [9.17, 15) is 10.1 Å². The molecule has 0 saturated heterocycles. The van der Waals surface area contributed by atoms with Crippen LogP contribution >= 0.6 is 22.6 Å². The SMILES string of the molecule is O=[N+]([O-])c1ccc2c3c(ccc(I)c13)CC2. The average Bonchev–Trinajstić information content (AvgIpc) is 2.67. The Labute approximate surface area is 106 Å². The van der Waals surface area contributed by atoms with E-state index in [1.54, 1.807) is 6.07 Å². The van der Waals surface area contributed by atoms with Crippen molar-refractivity contribution in [2.24, 2.45) is 0 Å². The molecule has 0 aromatic heterocycles. The van der Waals surface area contributed by atoms with Crippen LogP contribution in [0.2, 0.25) is 0 Å². The van der Waals surface area contributed by atoms with Gasteiger partial charge in [-0.15, -0.1) is 0 Å². The zero-order chi connectivity index (χ0) is 11.3. The molecule has 0 aliphatic heterocycles. The Morgan fingerprint density at radius 1 is 1.06 bits per heavy atom. The summed E-state index contributed by atoms with van der Waals surface area (Å²) in [5.41, 5.74) is 2.72. The van der Waals surface area contributed by atoms with Gasteiger partial charge < -0.3 is 0 Å². The van der Waals surface area contributed by atoms with E-state index < -0.39 is 0 Å². The molecule has 80 valence electrons. The Kier molecular flexibility index (Phi) is 2.14. The number of nitro groups is 1. The zero-order valence-corrected chi connectivity index (χ0v) is 10.5. The minimum atomic E-state index is -0.288. The van der Waals surface area contributed by atoms with Gasteiger partial charge in [0, 0.05) is 9.64 Å². The summed E-state index contributed by atoms with van der Waals surface area (Å²) in [6.45, 7) is 0. The van der Waals surface area contributed by atoms with Crippen molar-refractivity contribution in [3.63, 3.8) is 0 Å². The molecule has 1 aliphatic carbocycles. The molecule has 16 heavy (non-hydrogen) atoms. The fourth-order valence-corrected chi connectivity index (χ4v) is 3.15. The van der Waals surface area contributed by atoms with Crippen LogP contribution in [-0.4, -0.2) is 4.92 Å². The maximum atomic E-state index is 11.0. The van der Waals surface area contributed by atoms with E-state index in [4.69, 9.17) is 0 Å². The topological polar surface area (TPSA) is 43.1 Å². The molecule has 1 aliphatic rings. The van der Waals surface area contributed by atoms with Crippen LogP contribution in [0.25, 0.3) is 10.8 Å². The van der Waals surface area contributed by atoms with Crippen molar-refractivity contribution in [1.82, 2.24) is 0 Å². The molecule has 4 heteroatoms. The summed E-state index contributed by atoms with van der Waals surface area (Å²) in [7, 11) is 0. The lowest BCUT2D eigenvalue weighted by Crippen LogP contribution is -1.92. The van der Waals surface area contributed by atoms with Crippen LogP contribution in [0.15, 0.2) is 24.3 Å². The van der Waals surface area contributed by atoms with Crippen molar-refractivity contribution < 1.29 is 4.92 Å². The average molecular weight is 325 g/mol. The molecule has 0 N–H and O–H groups in total. The molecule has 2 aromatic carbocycles. The van der Waals surface area contributed by atoms with E-state index in [0.29, 0.717) is 0 Å². The second-order valence-electron chi connectivity index (χ2n) is 3.96. The Hall–Kier alpha value is -1.17. The third-order valence-corrected chi connectivity index (χ3v) is 4.02. The van der Waals surface area contributed by atoms with E-state index in [1.165, 1.54) is 11.1 Å². The predicted octanol–water partition coefficient (Wildman–Crippen LogP) is 3.45. The highest BCUT2D eigenvalue weighted by Crippen LogP contribution is 2.38. The largest absolute Gasteiger partial charge is 0.278 e. The van der Waals surface area contributed by atoms with E-state index in [2.05, 4.69) is 28.7 Å². The molecule has 2 aromatic rings. The number of nitro benzene ring substituents is 1. The van der Waals surface area contributed by atoms with Crippen molar-refractivity contribution in [3.8, 4) is 0 Å². The van der Waals surface area contributed by atoms with E-state index in [1.807, 2.05) is 12.1 Å². The number of non-ortho nitro benzene ring substituents is 1. The molecule has 0 bridgehead atoms. The fourth-order valence-electron chi connectivity index (χ4n) is 2.42. The number of benzene rings is 2. The van der Waals surface area contributed by atoms with Crippen LogP contribution in [-0.2, 0) is 12.8 Å². The molecular formula is C12H8INO2. The smallest absolute Gasteiger partial charge is 0.258 e. The van der Waals surface area contributed by atoms with E-state index in [-0.39, 0.29) is 10.6 Å². The van der Waals surface area contributed by atoms with Crippen molar-refractivity contribution in [2.45, 2.75) is 12.8 Å². The summed E-state index contributed by atoms with van der Waals surface area (Å²) in [6, 6.07) is 7.59. The van der Waals surface area contributed by atoms with Crippen LogP contribution in [0.1, 0.15) is 11.1 Å². The highest BCUT2D eigenvalue weighted by Gasteiger charge is 2.22. The maximum absolute atomic E-state index is 11.0. The van der Waals surface area contributed by atoms with Gasteiger partial charge >= 0.3 is 0 Å². The molecule has 0 saturated carbocycles. The van der Waals surface area contributed by atoms with Crippen LogP contribution in [0.3, 0.4) is 0 Å². The van der Waals surface area contributed by atoms with Gasteiger partial charge in [0.2, 0.25) is 0 Å². The Morgan fingerprint density at radius 2 is 1.69 bits per heavy atom. The van der Waals surface area contributed by atoms with Gasteiger partial charge in [0.25, 0.3) is 5.69 Å². The molecule has 0 fully saturated rings. The summed E-state index contributed by atoms with van der Waals surface area (Å²) in [4.78, 5) is 10.7. The maximum Gasteiger partial charge on any atom is 0.278 e. The lowest BCUT2D eigenvalue weighted by molar-refractivity contribution is -0.383. The van der Waals surface area contributed by atoms with Gasteiger partial charge in [-0.1, -0.05) is 12.1 Å². The highest BCUT2D eigenvalue weighted by molar-refractivity contribution is 14.1. The Balaban J connectivity index is 2.53. The summed E-state index contributed by atoms with van der Waals surface area (Å²) in [5.74, 6) is 0. The number of aryl methyl sites for hydroxylation is 2. The first kappa shape index (κ1) is 10.0. The molecule has 3 nitrogen and oxygen atoms in total. The number of nitrogens with zero attached hydrogens (tertiary/aromatic N) is 1. The lowest BCUT2D eigenvalue weighted by atomic mass is 10.0. The monoisotopic (exact) mass is 325 g/mol. The third kappa shape index (κ3) is 1.25. The first-order valence-corrected chi connectivity index (χ1v) is 6.13. The molecule has 0 spiro atoms. The second-order valence-corrected chi connectivity index (χ2v) is 5.12. The predicted molar refractivity (Wildman–Crippen MR) is 70.7 cm³/mol. The number of halogens is 1. The van der Waals surface area contributed by atoms with Gasteiger partial charge in [0.1, 0.15) is 0 Å². The molecule has 0 atom stereocenters.